The number of likely N-dealkylation sites (tertiary alicyclic amines) is 1. The Balaban J connectivity index is 1.31. The highest BCUT2D eigenvalue weighted by Crippen LogP contribution is 2.39. The molecule has 46 heavy (non-hydrogen) atoms. The molecule has 0 aliphatic carbocycles. The Morgan fingerprint density at radius 1 is 0.935 bits per heavy atom. The molecule has 0 bridgehead atoms. The molecule has 10 heteroatoms. The van der Waals surface area contributed by atoms with Gasteiger partial charge in [0.25, 0.3) is 0 Å². The van der Waals surface area contributed by atoms with E-state index in [9.17, 15) is 14.4 Å². The molecule has 0 unspecified atom stereocenters. The van der Waals surface area contributed by atoms with E-state index in [2.05, 4.69) is 39.9 Å². The zero-order valence-corrected chi connectivity index (χ0v) is 27.6. The van der Waals surface area contributed by atoms with Crippen molar-refractivity contribution < 1.29 is 23.9 Å². The van der Waals surface area contributed by atoms with E-state index in [4.69, 9.17) is 14.5 Å². The number of rotatable bonds is 7. The van der Waals surface area contributed by atoms with Gasteiger partial charge in [-0.3, -0.25) is 10.1 Å². The SMILES string of the molecule is COC(=O)N[C@H](C(=O)N1CCC[C@@]1(C)c1nc(-c2ccc(-c3ccc4cc(NC(=O)OC(C)(C)C)ccc4c3)cc2)c[nH]1)C(C)C. The third kappa shape index (κ3) is 7.01. The monoisotopic (exact) mass is 625 g/mol. The quantitative estimate of drug-likeness (QED) is 0.196. The van der Waals surface area contributed by atoms with Crippen LogP contribution >= 0.6 is 0 Å². The smallest absolute Gasteiger partial charge is 0.412 e. The third-order valence-electron chi connectivity index (χ3n) is 8.39. The number of nitrogens with one attached hydrogen (secondary N) is 3. The van der Waals surface area contributed by atoms with Gasteiger partial charge in [-0.1, -0.05) is 56.3 Å². The van der Waals surface area contributed by atoms with Gasteiger partial charge in [0, 0.05) is 24.0 Å². The molecule has 1 saturated heterocycles. The number of methoxy groups -OCH3 is 1. The number of aromatic amines is 1. The van der Waals surface area contributed by atoms with E-state index in [1.54, 1.807) is 0 Å². The first-order valence-electron chi connectivity index (χ1n) is 15.6. The largest absolute Gasteiger partial charge is 0.453 e. The summed E-state index contributed by atoms with van der Waals surface area (Å²) in [7, 11) is 1.29. The maximum Gasteiger partial charge on any atom is 0.412 e. The molecule has 2 heterocycles. The number of carbonyl (C=O) groups excluding carboxylic acids is 3. The Morgan fingerprint density at radius 2 is 1.59 bits per heavy atom. The number of aromatic nitrogens is 2. The summed E-state index contributed by atoms with van der Waals surface area (Å²) < 4.78 is 10.1. The highest BCUT2D eigenvalue weighted by Gasteiger charge is 2.46. The van der Waals surface area contributed by atoms with Gasteiger partial charge in [0.1, 0.15) is 17.5 Å². The van der Waals surface area contributed by atoms with Crippen molar-refractivity contribution in [1.82, 2.24) is 20.2 Å². The van der Waals surface area contributed by atoms with E-state index in [0.29, 0.717) is 18.1 Å². The van der Waals surface area contributed by atoms with E-state index in [-0.39, 0.29) is 11.8 Å². The minimum atomic E-state index is -0.696. The number of anilines is 1. The maximum atomic E-state index is 13.7. The van der Waals surface area contributed by atoms with Crippen LogP contribution in [0.3, 0.4) is 0 Å². The average molecular weight is 626 g/mol. The van der Waals surface area contributed by atoms with E-state index in [0.717, 1.165) is 46.0 Å². The molecule has 0 radical (unpaired) electrons. The van der Waals surface area contributed by atoms with Crippen LogP contribution in [0.1, 0.15) is 60.2 Å². The van der Waals surface area contributed by atoms with Gasteiger partial charge in [0.2, 0.25) is 5.91 Å². The first kappa shape index (κ1) is 32.5. The Hall–Kier alpha value is -4.86. The lowest BCUT2D eigenvalue weighted by Gasteiger charge is -2.37. The summed E-state index contributed by atoms with van der Waals surface area (Å²) in [5.41, 5.74) is 3.36. The second kappa shape index (κ2) is 12.9. The minimum Gasteiger partial charge on any atom is -0.453 e. The number of imidazole rings is 1. The van der Waals surface area contributed by atoms with E-state index < -0.39 is 29.4 Å². The number of alkyl carbamates (subject to hydrolysis) is 1. The van der Waals surface area contributed by atoms with Gasteiger partial charge >= 0.3 is 12.2 Å². The minimum absolute atomic E-state index is 0.108. The van der Waals surface area contributed by atoms with Gasteiger partial charge in [0.05, 0.1) is 18.3 Å². The van der Waals surface area contributed by atoms with Crippen LogP contribution in [0.5, 0.6) is 0 Å². The summed E-state index contributed by atoms with van der Waals surface area (Å²) in [6, 6.07) is 19.5. The molecule has 3 amide bonds. The Morgan fingerprint density at radius 3 is 2.26 bits per heavy atom. The van der Waals surface area contributed by atoms with Crippen LogP contribution in [0.2, 0.25) is 0 Å². The molecule has 1 fully saturated rings. The van der Waals surface area contributed by atoms with Crippen LogP contribution in [0, 0.1) is 5.92 Å². The topological polar surface area (TPSA) is 126 Å². The fraction of sp³-hybridized carbons (Fsp3) is 0.389. The predicted octanol–water partition coefficient (Wildman–Crippen LogP) is 7.46. The van der Waals surface area contributed by atoms with Crippen molar-refractivity contribution in [3.8, 4) is 22.4 Å². The van der Waals surface area contributed by atoms with Crippen LogP contribution in [-0.2, 0) is 19.8 Å². The molecule has 5 rings (SSSR count). The number of fused-ring (bicyclic) bond motifs is 1. The molecule has 0 saturated carbocycles. The van der Waals surface area contributed by atoms with Crippen LogP contribution < -0.4 is 10.6 Å². The number of benzene rings is 3. The molecule has 1 aliphatic rings. The zero-order valence-electron chi connectivity index (χ0n) is 27.6. The predicted molar refractivity (Wildman–Crippen MR) is 179 cm³/mol. The summed E-state index contributed by atoms with van der Waals surface area (Å²) in [4.78, 5) is 47.9. The fourth-order valence-electron chi connectivity index (χ4n) is 5.93. The highest BCUT2D eigenvalue weighted by atomic mass is 16.6. The van der Waals surface area contributed by atoms with Crippen molar-refractivity contribution >= 4 is 34.6 Å². The molecule has 2 atom stereocenters. The van der Waals surface area contributed by atoms with Crippen molar-refractivity contribution in [2.75, 3.05) is 19.0 Å². The number of H-pyrrole nitrogens is 1. The molecular formula is C36H43N5O5. The number of hydrogen-bond donors (Lipinski definition) is 3. The lowest BCUT2D eigenvalue weighted by atomic mass is 9.95. The maximum absolute atomic E-state index is 13.7. The first-order chi connectivity index (χ1) is 21.8. The third-order valence-corrected chi connectivity index (χ3v) is 8.39. The van der Waals surface area contributed by atoms with Crippen LogP contribution in [0.4, 0.5) is 15.3 Å². The summed E-state index contributed by atoms with van der Waals surface area (Å²) in [5, 5.41) is 7.56. The van der Waals surface area contributed by atoms with Crippen molar-refractivity contribution in [2.24, 2.45) is 5.92 Å². The second-order valence-corrected chi connectivity index (χ2v) is 13.3. The fourth-order valence-corrected chi connectivity index (χ4v) is 5.93. The summed E-state index contributed by atoms with van der Waals surface area (Å²) >= 11 is 0. The molecule has 10 nitrogen and oxygen atoms in total. The number of nitrogens with zero attached hydrogens (tertiary/aromatic N) is 2. The molecular weight excluding hydrogens is 582 g/mol. The number of hydrogen-bond acceptors (Lipinski definition) is 6. The number of carbonyl (C=O) groups is 3. The second-order valence-electron chi connectivity index (χ2n) is 13.3. The molecule has 3 N–H and O–H groups in total. The molecule has 0 spiro atoms. The van der Waals surface area contributed by atoms with E-state index >= 15 is 0 Å². The normalized spacial score (nSPS) is 17.2. The molecule has 4 aromatic rings. The Labute approximate surface area is 269 Å². The van der Waals surface area contributed by atoms with E-state index in [1.165, 1.54) is 7.11 Å². The lowest BCUT2D eigenvalue weighted by molar-refractivity contribution is -0.138. The molecule has 242 valence electrons. The van der Waals surface area contributed by atoms with Crippen molar-refractivity contribution in [3.63, 3.8) is 0 Å². The van der Waals surface area contributed by atoms with Gasteiger partial charge < -0.3 is 24.7 Å². The van der Waals surface area contributed by atoms with Crippen LogP contribution in [0.25, 0.3) is 33.2 Å². The standard InChI is InChI=1S/C36H43N5O5/c1-22(2)30(40-33(43)45-7)31(42)41-18-8-17-36(41,6)32-37-21-29(39-32)24-11-9-23(10-12-24)25-13-14-27-20-28(16-15-26(27)19-25)38-34(44)46-35(3,4)5/h9-16,19-22,30H,8,17-18H2,1-7H3,(H,37,39)(H,38,44)(H,40,43)/t30-,36-/m0/s1. The van der Waals surface area contributed by atoms with Gasteiger partial charge in [0.15, 0.2) is 0 Å². The molecule has 1 aromatic heterocycles. The van der Waals surface area contributed by atoms with Crippen LogP contribution in [-0.4, -0.2) is 58.3 Å². The van der Waals surface area contributed by atoms with Crippen molar-refractivity contribution in [3.05, 3.63) is 72.7 Å². The summed E-state index contributed by atoms with van der Waals surface area (Å²) in [5.74, 6) is 0.463. The van der Waals surface area contributed by atoms with Crippen LogP contribution in [0.15, 0.2) is 66.9 Å². The Kier molecular flexibility index (Phi) is 9.10. The van der Waals surface area contributed by atoms with Crippen molar-refractivity contribution in [2.45, 2.75) is 71.6 Å². The highest BCUT2D eigenvalue weighted by molar-refractivity contribution is 5.93. The molecule has 1 aliphatic heterocycles. The van der Waals surface area contributed by atoms with Gasteiger partial charge in [-0.25, -0.2) is 14.6 Å². The zero-order chi connectivity index (χ0) is 33.2. The summed E-state index contributed by atoms with van der Waals surface area (Å²) in [6.45, 7) is 11.9. The number of ether oxygens (including phenoxy) is 2. The first-order valence-corrected chi connectivity index (χ1v) is 15.6. The van der Waals surface area contributed by atoms with Gasteiger partial charge in [-0.2, -0.15) is 0 Å². The van der Waals surface area contributed by atoms with Crippen molar-refractivity contribution in [1.29, 1.82) is 0 Å². The molecule has 3 aromatic carbocycles. The number of amides is 3. The van der Waals surface area contributed by atoms with Gasteiger partial charge in [-0.15, -0.1) is 0 Å². The lowest BCUT2D eigenvalue weighted by Crippen LogP contribution is -2.55. The summed E-state index contributed by atoms with van der Waals surface area (Å²) in [6.07, 6.45) is 2.37. The Bertz CT molecular complexity index is 1740. The van der Waals surface area contributed by atoms with E-state index in [1.807, 2.05) is 89.0 Å². The average Bonchev–Trinajstić information content (AvgIpc) is 3.66. The van der Waals surface area contributed by atoms with Gasteiger partial charge in [-0.05, 0) is 86.6 Å².